The van der Waals surface area contributed by atoms with Crippen molar-refractivity contribution in [2.24, 2.45) is 0 Å². The van der Waals surface area contributed by atoms with E-state index in [2.05, 4.69) is 84.9 Å². The van der Waals surface area contributed by atoms with Gasteiger partial charge >= 0.3 is 0 Å². The van der Waals surface area contributed by atoms with E-state index in [9.17, 15) is 5.11 Å². The molecule has 4 heteroatoms. The Morgan fingerprint density at radius 3 is 1.61 bits per heavy atom. The van der Waals surface area contributed by atoms with Crippen LogP contribution in [0.15, 0.2) is 121 Å². The van der Waals surface area contributed by atoms with E-state index in [1.54, 1.807) is 0 Å². The molecule has 0 radical (unpaired) electrons. The number of aromatic hydroxyl groups is 1. The van der Waals surface area contributed by atoms with E-state index in [1.165, 1.54) is 15.9 Å². The first kappa shape index (κ1) is 23.2. The van der Waals surface area contributed by atoms with E-state index in [4.69, 9.17) is 0 Å². The zero-order chi connectivity index (χ0) is 22.9. The van der Waals surface area contributed by atoms with Crippen LogP contribution in [0, 0.1) is 12.1 Å². The van der Waals surface area contributed by atoms with Crippen molar-refractivity contribution in [2.75, 3.05) is 0 Å². The topological polar surface area (TPSA) is 20.2 Å². The molecule has 0 amide bonds. The summed E-state index contributed by atoms with van der Waals surface area (Å²) in [5, 5.41) is 19.4. The Hall–Kier alpha value is -5.93. The van der Waals surface area contributed by atoms with Crippen molar-refractivity contribution in [2.45, 2.75) is 0 Å². The molecule has 0 aromatic heterocycles. The van der Waals surface area contributed by atoms with Crippen LogP contribution in [-0.4, -0.2) is 5.11 Å². The van der Waals surface area contributed by atoms with Crippen LogP contribution in [0.1, 0.15) is 0 Å². The molecule has 6 aromatic rings. The Labute approximate surface area is 200 Å². The molecule has 0 saturated heterocycles. The summed E-state index contributed by atoms with van der Waals surface area (Å²) >= 11 is 0. The molecule has 0 saturated carbocycles. The first-order valence-corrected chi connectivity index (χ1v) is 12.6. The largest absolute Gasteiger partial charge is 0.507 e. The summed E-state index contributed by atoms with van der Waals surface area (Å²) in [6.45, 7) is 0. The smallest absolute Gasteiger partial charge is 0.124 e. The van der Waals surface area contributed by atoms with Crippen molar-refractivity contribution in [1.29, 1.82) is 0 Å². The Kier molecular flexibility index (Phi) is 6.14. The summed E-state index contributed by atoms with van der Waals surface area (Å²) in [5.74, 6) is 0.297. The molecule has 0 aliphatic heterocycles. The molecule has 1 N–H and O–H groups in total. The predicted octanol–water partition coefficient (Wildman–Crippen LogP) is 6.72. The number of fused-ring (bicyclic) bond motifs is 2. The van der Waals surface area contributed by atoms with E-state index in [-0.39, 0.29) is 0 Å². The summed E-state index contributed by atoms with van der Waals surface area (Å²) in [6, 6.07) is 48.0. The Morgan fingerprint density at radius 2 is 1.06 bits per heavy atom. The van der Waals surface area contributed by atoms with Crippen LogP contribution in [0.4, 0.5) is 0 Å². The third-order valence-electron chi connectivity index (χ3n) is 6.20. The fourth-order valence-corrected chi connectivity index (χ4v) is 7.12. The van der Waals surface area contributed by atoms with Gasteiger partial charge in [0.05, 0.1) is 0 Å². The second-order valence-electron chi connectivity index (χ2n) is 8.22. The maximum atomic E-state index is 11.3. The van der Waals surface area contributed by atoms with Gasteiger partial charge in [0.15, 0.2) is 0 Å². The summed E-state index contributed by atoms with van der Waals surface area (Å²) in [7, 11) is -0.905. The van der Waals surface area contributed by atoms with Crippen molar-refractivity contribution >= 4 is 45.4 Å². The van der Waals surface area contributed by atoms with Gasteiger partial charge in [-0.15, -0.1) is 18.5 Å². The molecule has 36 heavy (non-hydrogen) atoms. The molecule has 0 unspecified atom stereocenters. The number of phenolic OH excluding ortho intramolecular Hbond substituents is 1. The number of phenols is 1. The number of rotatable bonds is 4. The Balaban J connectivity index is 0.00000152. The maximum Gasteiger partial charge on any atom is 0.124 e. The molecule has 0 aliphatic carbocycles. The summed E-state index contributed by atoms with van der Waals surface area (Å²) < 4.78 is 0. The van der Waals surface area contributed by atoms with E-state index < -0.39 is 7.92 Å². The monoisotopic (exact) mass is 986 g/mol. The molecule has 1 nitrogen and oxygen atoms in total. The third-order valence-corrected chi connectivity index (χ3v) is 8.65. The van der Waals surface area contributed by atoms with Crippen LogP contribution < -0.4 is 15.9 Å². The van der Waals surface area contributed by atoms with Crippen LogP contribution in [0.2, 0.25) is 0 Å². The molecule has 0 bridgehead atoms. The van der Waals surface area contributed by atoms with Gasteiger partial charge in [-0.2, -0.15) is 60.7 Å². The standard InChI is InChI=1S/C32H21OP.2Rf/c33-29-21-19-23-11-7-9-17-27(23)31(29)32-28-18-10-8-12-24(28)20-22-30(32)34(25-13-3-1-4-14-25)26-15-5-2-6-16-26;;/h1-3,5,7-22,33H;;/q-2;;. The van der Waals surface area contributed by atoms with E-state index >= 15 is 0 Å². The molecular formula is C32H21OPRf2-2. The predicted molar refractivity (Wildman–Crippen MR) is 145 cm³/mol. The fraction of sp³-hybridized carbons (Fsp3) is 0. The molecule has 0 spiro atoms. The average molecular weight is 986 g/mol. The minimum atomic E-state index is -0.905. The van der Waals surface area contributed by atoms with Gasteiger partial charge in [-0.3, -0.25) is 0 Å². The first-order valence-electron chi connectivity index (χ1n) is 11.3. The maximum absolute atomic E-state index is 11.3. The molecule has 0 fully saturated rings. The van der Waals surface area contributed by atoms with Gasteiger partial charge in [0.2, 0.25) is 0 Å². The van der Waals surface area contributed by atoms with Crippen LogP contribution in [0.25, 0.3) is 32.7 Å². The molecule has 0 aliphatic rings. The zero-order valence-electron chi connectivity index (χ0n) is 19.9. The molecule has 6 aromatic carbocycles. The summed E-state index contributed by atoms with van der Waals surface area (Å²) in [5.41, 5.74) is 1.98. The molecule has 0 heterocycles. The van der Waals surface area contributed by atoms with Crippen molar-refractivity contribution in [3.63, 3.8) is 0 Å². The van der Waals surface area contributed by atoms with Crippen molar-refractivity contribution in [3.05, 3.63) is 133 Å². The number of hydrogen-bond acceptors (Lipinski definition) is 1. The van der Waals surface area contributed by atoms with Crippen LogP contribution in [0.5, 0.6) is 5.75 Å². The second kappa shape index (κ2) is 9.51. The number of hydrogen-bond donors (Lipinski definition) is 1. The minimum absolute atomic E-state index is 0. The van der Waals surface area contributed by atoms with Crippen LogP contribution in [-0.2, 0) is 0 Å². The van der Waals surface area contributed by atoms with Gasteiger partial charge in [-0.05, 0) is 32.9 Å². The molecular weight excluding hydrogens is 965 g/mol. The van der Waals surface area contributed by atoms with Gasteiger partial charge in [-0.1, -0.05) is 66.7 Å². The summed E-state index contributed by atoms with van der Waals surface area (Å²) in [4.78, 5) is 0. The fourth-order valence-electron chi connectivity index (χ4n) is 4.71. The second-order valence-corrected chi connectivity index (χ2v) is 10.4. The van der Waals surface area contributed by atoms with E-state index in [1.807, 2.05) is 48.5 Å². The quantitative estimate of drug-likeness (QED) is 0.154. The third kappa shape index (κ3) is 3.75. The van der Waals surface area contributed by atoms with Crippen molar-refractivity contribution < 1.29 is 5.11 Å². The minimum Gasteiger partial charge on any atom is -0.507 e. The van der Waals surface area contributed by atoms with E-state index in [0.29, 0.717) is 5.75 Å². The van der Waals surface area contributed by atoms with Gasteiger partial charge in [0, 0.05) is 11.1 Å². The van der Waals surface area contributed by atoms with Gasteiger partial charge < -0.3 is 5.11 Å². The SMILES string of the molecule is Oc1ccc2ccccc2c1-c1c(P(c2c[c-]ccc2)c2c[c-]ccc2)ccc2ccccc12.[Rf].[Rf]. The van der Waals surface area contributed by atoms with E-state index in [0.717, 1.165) is 32.7 Å². The normalized spacial score (nSPS) is 10.7. The van der Waals surface area contributed by atoms with Gasteiger partial charge in [-0.25, -0.2) is 0 Å². The van der Waals surface area contributed by atoms with Gasteiger partial charge in [0.25, 0.3) is 0 Å². The van der Waals surface area contributed by atoms with Crippen LogP contribution in [0.3, 0.4) is 0 Å². The van der Waals surface area contributed by atoms with Crippen molar-refractivity contribution in [1.82, 2.24) is 0 Å². The zero-order valence-corrected chi connectivity index (χ0v) is 33.5. The van der Waals surface area contributed by atoms with Gasteiger partial charge in [0.1, 0.15) is 5.75 Å². The Bertz CT molecular complexity index is 1580. The molecule has 6 rings (SSSR count). The molecule has 0 atom stereocenters. The first-order chi connectivity index (χ1) is 16.8. The summed E-state index contributed by atoms with van der Waals surface area (Å²) in [6.07, 6.45) is 0. The average Bonchev–Trinajstić information content (AvgIpc) is 2.90. The van der Waals surface area contributed by atoms with Crippen molar-refractivity contribution in [3.8, 4) is 16.9 Å². The Morgan fingerprint density at radius 1 is 0.528 bits per heavy atom. The number of benzene rings is 6. The molecule has 166 valence electrons. The van der Waals surface area contributed by atoms with Crippen LogP contribution >= 0.6 is 7.92 Å².